The van der Waals surface area contributed by atoms with Crippen molar-refractivity contribution in [2.24, 2.45) is 0 Å². The number of halogens is 1. The Morgan fingerprint density at radius 3 is 2.79 bits per heavy atom. The van der Waals surface area contributed by atoms with E-state index in [0.29, 0.717) is 17.0 Å². The molecule has 0 aliphatic heterocycles. The van der Waals surface area contributed by atoms with Gasteiger partial charge < -0.3 is 9.84 Å². The summed E-state index contributed by atoms with van der Waals surface area (Å²) in [7, 11) is 1.31. The zero-order valence-electron chi connectivity index (χ0n) is 7.79. The number of aliphatic hydroxyl groups excluding tert-OH is 1. The molecule has 0 fully saturated rings. The van der Waals surface area contributed by atoms with Gasteiger partial charge in [-0.1, -0.05) is 17.7 Å². The highest BCUT2D eigenvalue weighted by Gasteiger charge is 2.10. The standard InChI is InChI=1S/C10H11ClO3/c1-14-10(13)8-3-2-7(4-5-12)6-9(8)11/h2-3,6,12H,4-5H2,1H3. The first kappa shape index (κ1) is 11.0. The average Bonchev–Trinajstić information content (AvgIpc) is 2.17. The van der Waals surface area contributed by atoms with E-state index in [9.17, 15) is 4.79 Å². The molecule has 0 spiro atoms. The highest BCUT2D eigenvalue weighted by Crippen LogP contribution is 2.18. The number of aliphatic hydroxyl groups is 1. The van der Waals surface area contributed by atoms with Gasteiger partial charge in [0.2, 0.25) is 0 Å². The third kappa shape index (κ3) is 2.47. The molecular weight excluding hydrogens is 204 g/mol. The van der Waals surface area contributed by atoms with E-state index in [1.165, 1.54) is 7.11 Å². The SMILES string of the molecule is COC(=O)c1ccc(CCO)cc1Cl. The van der Waals surface area contributed by atoms with Crippen LogP contribution in [0, 0.1) is 0 Å². The molecule has 0 unspecified atom stereocenters. The maximum atomic E-state index is 11.1. The zero-order chi connectivity index (χ0) is 10.6. The minimum atomic E-state index is -0.453. The molecule has 0 saturated carbocycles. The first-order chi connectivity index (χ1) is 6.69. The lowest BCUT2D eigenvalue weighted by molar-refractivity contribution is 0.0601. The number of methoxy groups -OCH3 is 1. The second-order valence-corrected chi connectivity index (χ2v) is 3.19. The summed E-state index contributed by atoms with van der Waals surface area (Å²) < 4.78 is 4.54. The van der Waals surface area contributed by atoms with Gasteiger partial charge in [-0.2, -0.15) is 0 Å². The van der Waals surface area contributed by atoms with Crippen LogP contribution in [0.15, 0.2) is 18.2 Å². The van der Waals surface area contributed by atoms with Gasteiger partial charge >= 0.3 is 5.97 Å². The monoisotopic (exact) mass is 214 g/mol. The zero-order valence-corrected chi connectivity index (χ0v) is 8.54. The molecule has 4 heteroatoms. The Hall–Kier alpha value is -1.06. The van der Waals surface area contributed by atoms with Gasteiger partial charge in [-0.25, -0.2) is 4.79 Å². The molecule has 0 aliphatic rings. The number of hydrogen-bond acceptors (Lipinski definition) is 3. The number of rotatable bonds is 3. The Kier molecular flexibility index (Phi) is 3.92. The molecule has 14 heavy (non-hydrogen) atoms. The molecule has 0 aromatic heterocycles. The maximum Gasteiger partial charge on any atom is 0.339 e. The minimum absolute atomic E-state index is 0.0634. The molecule has 0 amide bonds. The van der Waals surface area contributed by atoms with Crippen LogP contribution in [-0.2, 0) is 11.2 Å². The number of ether oxygens (including phenoxy) is 1. The van der Waals surface area contributed by atoms with Crippen LogP contribution in [-0.4, -0.2) is 24.8 Å². The third-order valence-corrected chi connectivity index (χ3v) is 2.15. The predicted molar refractivity (Wildman–Crippen MR) is 53.6 cm³/mol. The second kappa shape index (κ2) is 4.98. The molecule has 1 aromatic carbocycles. The summed E-state index contributed by atoms with van der Waals surface area (Å²) in [4.78, 5) is 11.1. The Morgan fingerprint density at radius 1 is 1.57 bits per heavy atom. The fourth-order valence-electron chi connectivity index (χ4n) is 1.12. The van der Waals surface area contributed by atoms with Crippen molar-refractivity contribution < 1.29 is 14.6 Å². The fraction of sp³-hybridized carbons (Fsp3) is 0.300. The topological polar surface area (TPSA) is 46.5 Å². The van der Waals surface area contributed by atoms with Crippen molar-refractivity contribution in [3.05, 3.63) is 34.3 Å². The molecule has 1 rings (SSSR count). The summed E-state index contributed by atoms with van der Waals surface area (Å²) >= 11 is 5.86. The molecule has 0 saturated heterocycles. The molecular formula is C10H11ClO3. The van der Waals surface area contributed by atoms with E-state index in [1.807, 2.05) is 0 Å². The van der Waals surface area contributed by atoms with Crippen molar-refractivity contribution in [1.29, 1.82) is 0 Å². The molecule has 3 nitrogen and oxygen atoms in total. The van der Waals surface area contributed by atoms with E-state index < -0.39 is 5.97 Å². The lowest BCUT2D eigenvalue weighted by Gasteiger charge is -2.04. The van der Waals surface area contributed by atoms with Gasteiger partial charge in [-0.15, -0.1) is 0 Å². The number of esters is 1. The van der Waals surface area contributed by atoms with Crippen molar-refractivity contribution in [2.45, 2.75) is 6.42 Å². The van der Waals surface area contributed by atoms with Crippen molar-refractivity contribution in [1.82, 2.24) is 0 Å². The Balaban J connectivity index is 2.95. The molecule has 76 valence electrons. The van der Waals surface area contributed by atoms with Crippen molar-refractivity contribution in [3.8, 4) is 0 Å². The Morgan fingerprint density at radius 2 is 2.29 bits per heavy atom. The average molecular weight is 215 g/mol. The van der Waals surface area contributed by atoms with Crippen LogP contribution in [0.3, 0.4) is 0 Å². The van der Waals surface area contributed by atoms with Crippen LogP contribution in [0.5, 0.6) is 0 Å². The fourth-order valence-corrected chi connectivity index (χ4v) is 1.40. The van der Waals surface area contributed by atoms with E-state index in [4.69, 9.17) is 16.7 Å². The summed E-state index contributed by atoms with van der Waals surface area (Å²) in [6.45, 7) is 0.0634. The van der Waals surface area contributed by atoms with Gasteiger partial charge in [0.05, 0.1) is 17.7 Å². The quantitative estimate of drug-likeness (QED) is 0.779. The van der Waals surface area contributed by atoms with Crippen LogP contribution in [0.1, 0.15) is 15.9 Å². The molecule has 1 N–H and O–H groups in total. The molecule has 0 aliphatic carbocycles. The highest BCUT2D eigenvalue weighted by atomic mass is 35.5. The number of benzene rings is 1. The summed E-state index contributed by atoms with van der Waals surface area (Å²) in [5.74, 6) is -0.453. The van der Waals surface area contributed by atoms with Gasteiger partial charge in [-0.3, -0.25) is 0 Å². The van der Waals surface area contributed by atoms with Crippen molar-refractivity contribution in [3.63, 3.8) is 0 Å². The smallest absolute Gasteiger partial charge is 0.339 e. The van der Waals surface area contributed by atoms with Gasteiger partial charge in [0.15, 0.2) is 0 Å². The maximum absolute atomic E-state index is 11.1. The van der Waals surface area contributed by atoms with Crippen LogP contribution in [0.25, 0.3) is 0 Å². The second-order valence-electron chi connectivity index (χ2n) is 2.78. The number of carbonyl (C=O) groups is 1. The van der Waals surface area contributed by atoms with E-state index in [-0.39, 0.29) is 6.61 Å². The van der Waals surface area contributed by atoms with Crippen LogP contribution in [0.2, 0.25) is 5.02 Å². The largest absolute Gasteiger partial charge is 0.465 e. The van der Waals surface area contributed by atoms with Crippen molar-refractivity contribution in [2.75, 3.05) is 13.7 Å². The number of hydrogen-bond donors (Lipinski definition) is 1. The van der Waals surface area contributed by atoms with Crippen LogP contribution in [0.4, 0.5) is 0 Å². The van der Waals surface area contributed by atoms with Gasteiger partial charge in [-0.05, 0) is 24.1 Å². The normalized spacial score (nSPS) is 9.93. The third-order valence-electron chi connectivity index (χ3n) is 1.84. The van der Waals surface area contributed by atoms with E-state index in [2.05, 4.69) is 4.74 Å². The lowest BCUT2D eigenvalue weighted by atomic mass is 10.1. The van der Waals surface area contributed by atoms with E-state index >= 15 is 0 Å². The highest BCUT2D eigenvalue weighted by molar-refractivity contribution is 6.33. The summed E-state index contributed by atoms with van der Waals surface area (Å²) in [5, 5.41) is 9.05. The van der Waals surface area contributed by atoms with E-state index in [1.54, 1.807) is 18.2 Å². The molecule has 0 heterocycles. The Bertz CT molecular complexity index is 336. The van der Waals surface area contributed by atoms with Gasteiger partial charge in [0.1, 0.15) is 0 Å². The molecule has 1 aromatic rings. The van der Waals surface area contributed by atoms with Gasteiger partial charge in [0, 0.05) is 6.61 Å². The van der Waals surface area contributed by atoms with Crippen LogP contribution >= 0.6 is 11.6 Å². The van der Waals surface area contributed by atoms with Gasteiger partial charge in [0.25, 0.3) is 0 Å². The predicted octanol–water partition coefficient (Wildman–Crippen LogP) is 1.66. The first-order valence-electron chi connectivity index (χ1n) is 4.16. The summed E-state index contributed by atoms with van der Waals surface area (Å²) in [6, 6.07) is 5.00. The summed E-state index contributed by atoms with van der Waals surface area (Å²) in [5.41, 5.74) is 1.24. The minimum Gasteiger partial charge on any atom is -0.465 e. The molecule has 0 atom stereocenters. The number of carbonyl (C=O) groups excluding carboxylic acids is 1. The van der Waals surface area contributed by atoms with E-state index in [0.717, 1.165) is 5.56 Å². The first-order valence-corrected chi connectivity index (χ1v) is 4.54. The summed E-state index contributed by atoms with van der Waals surface area (Å²) in [6.07, 6.45) is 0.529. The lowest BCUT2D eigenvalue weighted by Crippen LogP contribution is -2.02. The van der Waals surface area contributed by atoms with Crippen LogP contribution < -0.4 is 0 Å². The molecule has 0 bridgehead atoms. The van der Waals surface area contributed by atoms with Crippen molar-refractivity contribution >= 4 is 17.6 Å². The Labute approximate surface area is 87.3 Å². The molecule has 0 radical (unpaired) electrons.